The third kappa shape index (κ3) is 4.39. The quantitative estimate of drug-likeness (QED) is 0.767. The van der Waals surface area contributed by atoms with Gasteiger partial charge in [0.05, 0.1) is 20.1 Å². The number of benzene rings is 1. The third-order valence-corrected chi connectivity index (χ3v) is 2.44. The zero-order valence-corrected chi connectivity index (χ0v) is 11.7. The molecule has 0 saturated carbocycles. The minimum Gasteiger partial charge on any atom is -0.493 e. The minimum absolute atomic E-state index is 0.00161. The fourth-order valence-corrected chi connectivity index (χ4v) is 1.82. The number of halogens is 1. The van der Waals surface area contributed by atoms with E-state index in [0.29, 0.717) is 17.7 Å². The van der Waals surface area contributed by atoms with Gasteiger partial charge in [-0.05, 0) is 38.5 Å². The molecule has 0 bridgehead atoms. The molecule has 0 saturated heterocycles. The molecule has 0 aliphatic carbocycles. The Morgan fingerprint density at radius 1 is 1.37 bits per heavy atom. The number of esters is 1. The molecule has 0 amide bonds. The molecule has 1 rings (SSSR count). The number of hydrogen-bond donors (Lipinski definition) is 0. The van der Waals surface area contributed by atoms with Crippen LogP contribution in [0, 0.1) is 5.82 Å². The van der Waals surface area contributed by atoms with Gasteiger partial charge in [-0.15, -0.1) is 0 Å². The first-order chi connectivity index (χ1) is 8.97. The van der Waals surface area contributed by atoms with Crippen LogP contribution in [0.2, 0.25) is 0 Å². The van der Waals surface area contributed by atoms with Crippen LogP contribution in [0.3, 0.4) is 0 Å². The Balaban J connectivity index is 3.15. The number of carbonyl (C=O) groups is 1. The maximum absolute atomic E-state index is 13.9. The smallest absolute Gasteiger partial charge is 0.310 e. The van der Waals surface area contributed by atoms with Gasteiger partial charge in [0, 0.05) is 5.56 Å². The van der Waals surface area contributed by atoms with Crippen molar-refractivity contribution >= 4 is 12.0 Å². The molecule has 0 unspecified atom stereocenters. The lowest BCUT2D eigenvalue weighted by Crippen LogP contribution is -2.09. The van der Waals surface area contributed by atoms with Crippen LogP contribution >= 0.6 is 0 Å². The average Bonchev–Trinajstić information content (AvgIpc) is 2.27. The van der Waals surface area contributed by atoms with Crippen molar-refractivity contribution in [2.45, 2.75) is 27.2 Å². The average molecular weight is 266 g/mol. The zero-order chi connectivity index (χ0) is 14.4. The Labute approximate surface area is 113 Å². The molecule has 1 aromatic rings. The molecule has 0 heterocycles. The van der Waals surface area contributed by atoms with Crippen LogP contribution in [-0.4, -0.2) is 19.7 Å². The summed E-state index contributed by atoms with van der Waals surface area (Å²) in [6.07, 6.45) is 1.84. The van der Waals surface area contributed by atoms with Crippen LogP contribution in [0.4, 0.5) is 4.39 Å². The summed E-state index contributed by atoms with van der Waals surface area (Å²) in [5.41, 5.74) is 2.25. The van der Waals surface area contributed by atoms with Gasteiger partial charge < -0.3 is 9.47 Å². The largest absolute Gasteiger partial charge is 0.493 e. The van der Waals surface area contributed by atoms with Crippen molar-refractivity contribution in [2.24, 2.45) is 0 Å². The number of hydrogen-bond acceptors (Lipinski definition) is 3. The van der Waals surface area contributed by atoms with Crippen molar-refractivity contribution < 1.29 is 18.7 Å². The van der Waals surface area contributed by atoms with E-state index in [1.54, 1.807) is 13.0 Å². The highest BCUT2D eigenvalue weighted by Crippen LogP contribution is 2.26. The lowest BCUT2D eigenvalue weighted by atomic mass is 10.0. The molecule has 0 aliphatic rings. The summed E-state index contributed by atoms with van der Waals surface area (Å²) in [6, 6.07) is 3.13. The second-order valence-corrected chi connectivity index (χ2v) is 4.40. The molecule has 3 nitrogen and oxygen atoms in total. The van der Waals surface area contributed by atoms with Gasteiger partial charge in [0.25, 0.3) is 0 Å². The van der Waals surface area contributed by atoms with E-state index in [1.165, 1.54) is 13.2 Å². The van der Waals surface area contributed by atoms with Crippen molar-refractivity contribution in [3.8, 4) is 5.75 Å². The first kappa shape index (κ1) is 15.2. The van der Waals surface area contributed by atoms with Crippen molar-refractivity contribution in [3.05, 3.63) is 34.6 Å². The number of allylic oxidation sites excluding steroid dienone is 1. The van der Waals surface area contributed by atoms with Gasteiger partial charge >= 0.3 is 5.97 Å². The topological polar surface area (TPSA) is 35.5 Å². The van der Waals surface area contributed by atoms with Crippen LogP contribution in [0.15, 0.2) is 17.7 Å². The summed E-state index contributed by atoms with van der Waals surface area (Å²) < 4.78 is 23.8. The molecule has 1 aromatic carbocycles. The SMILES string of the molecule is CCOC(=O)Cc1cc(C=C(C)C)cc(F)c1OC. The summed E-state index contributed by atoms with van der Waals surface area (Å²) >= 11 is 0. The van der Waals surface area contributed by atoms with Crippen LogP contribution in [0.25, 0.3) is 6.08 Å². The summed E-state index contributed by atoms with van der Waals surface area (Å²) in [5.74, 6) is -0.773. The molecule has 104 valence electrons. The van der Waals surface area contributed by atoms with E-state index in [1.807, 2.05) is 19.9 Å². The lowest BCUT2D eigenvalue weighted by Gasteiger charge is -2.10. The van der Waals surface area contributed by atoms with Gasteiger partial charge in [-0.3, -0.25) is 4.79 Å². The first-order valence-electron chi connectivity index (χ1n) is 6.14. The van der Waals surface area contributed by atoms with E-state index < -0.39 is 11.8 Å². The highest BCUT2D eigenvalue weighted by molar-refractivity contribution is 5.74. The standard InChI is InChI=1S/C15H19FO3/c1-5-19-14(17)9-12-7-11(6-10(2)3)8-13(16)15(12)18-4/h6-8H,5,9H2,1-4H3. The normalized spacial score (nSPS) is 9.95. The molecule has 0 atom stereocenters. The second kappa shape index (κ2) is 6.92. The Kier molecular flexibility index (Phi) is 5.55. The van der Waals surface area contributed by atoms with Gasteiger partial charge in [0.1, 0.15) is 0 Å². The Morgan fingerprint density at radius 2 is 2.05 bits per heavy atom. The number of rotatable bonds is 5. The number of ether oxygens (including phenoxy) is 2. The molecule has 0 aliphatic heterocycles. The van der Waals surface area contributed by atoms with Crippen LogP contribution in [0.1, 0.15) is 31.9 Å². The molecular formula is C15H19FO3. The monoisotopic (exact) mass is 266 g/mol. The van der Waals surface area contributed by atoms with Crippen LogP contribution in [-0.2, 0) is 16.0 Å². The second-order valence-electron chi connectivity index (χ2n) is 4.40. The summed E-state index contributed by atoms with van der Waals surface area (Å²) in [6.45, 7) is 5.88. The van der Waals surface area contributed by atoms with Crippen molar-refractivity contribution in [2.75, 3.05) is 13.7 Å². The van der Waals surface area contributed by atoms with E-state index in [0.717, 1.165) is 5.57 Å². The van der Waals surface area contributed by atoms with E-state index in [2.05, 4.69) is 0 Å². The van der Waals surface area contributed by atoms with Gasteiger partial charge in [-0.1, -0.05) is 11.6 Å². The van der Waals surface area contributed by atoms with Crippen molar-refractivity contribution in [1.29, 1.82) is 0 Å². The third-order valence-electron chi connectivity index (χ3n) is 2.44. The Morgan fingerprint density at radius 3 is 2.58 bits per heavy atom. The molecule has 0 fully saturated rings. The molecular weight excluding hydrogens is 247 g/mol. The predicted molar refractivity (Wildman–Crippen MR) is 72.6 cm³/mol. The van der Waals surface area contributed by atoms with Crippen LogP contribution < -0.4 is 4.74 Å². The van der Waals surface area contributed by atoms with Gasteiger partial charge in [0.15, 0.2) is 11.6 Å². The number of methoxy groups -OCH3 is 1. The van der Waals surface area contributed by atoms with Gasteiger partial charge in [-0.2, -0.15) is 0 Å². The number of carbonyl (C=O) groups excluding carboxylic acids is 1. The molecule has 19 heavy (non-hydrogen) atoms. The van der Waals surface area contributed by atoms with Gasteiger partial charge in [0.2, 0.25) is 0 Å². The molecule has 0 aromatic heterocycles. The summed E-state index contributed by atoms with van der Waals surface area (Å²) in [7, 11) is 1.38. The Bertz CT molecular complexity index is 488. The predicted octanol–water partition coefficient (Wildman–Crippen LogP) is 3.36. The minimum atomic E-state index is -0.475. The van der Waals surface area contributed by atoms with E-state index in [-0.39, 0.29) is 12.2 Å². The highest BCUT2D eigenvalue weighted by Gasteiger charge is 2.14. The maximum atomic E-state index is 13.9. The van der Waals surface area contributed by atoms with E-state index in [9.17, 15) is 9.18 Å². The maximum Gasteiger partial charge on any atom is 0.310 e. The van der Waals surface area contributed by atoms with Gasteiger partial charge in [-0.25, -0.2) is 4.39 Å². The highest BCUT2D eigenvalue weighted by atomic mass is 19.1. The molecule has 4 heteroatoms. The summed E-state index contributed by atoms with van der Waals surface area (Å²) in [4.78, 5) is 11.5. The van der Waals surface area contributed by atoms with E-state index >= 15 is 0 Å². The van der Waals surface area contributed by atoms with Crippen molar-refractivity contribution in [3.63, 3.8) is 0 Å². The lowest BCUT2D eigenvalue weighted by molar-refractivity contribution is -0.142. The molecule has 0 N–H and O–H groups in total. The van der Waals surface area contributed by atoms with Crippen LogP contribution in [0.5, 0.6) is 5.75 Å². The van der Waals surface area contributed by atoms with E-state index in [4.69, 9.17) is 9.47 Å². The fraction of sp³-hybridized carbons (Fsp3) is 0.400. The first-order valence-corrected chi connectivity index (χ1v) is 6.14. The zero-order valence-electron chi connectivity index (χ0n) is 11.7. The fourth-order valence-electron chi connectivity index (χ4n) is 1.82. The summed E-state index contributed by atoms with van der Waals surface area (Å²) in [5, 5.41) is 0. The molecule has 0 spiro atoms. The Hall–Kier alpha value is -1.84. The van der Waals surface area contributed by atoms with Crippen molar-refractivity contribution in [1.82, 2.24) is 0 Å². The molecule has 0 radical (unpaired) electrons.